The van der Waals surface area contributed by atoms with Crippen molar-refractivity contribution in [2.24, 2.45) is 15.7 Å². The van der Waals surface area contributed by atoms with Crippen LogP contribution in [-0.2, 0) is 6.42 Å². The predicted molar refractivity (Wildman–Crippen MR) is 77.1 cm³/mol. The molecule has 2 unspecified atom stereocenters. The Labute approximate surface area is 111 Å². The fraction of sp³-hybridized carbons (Fsp3) is 0.500. The van der Waals surface area contributed by atoms with Crippen molar-refractivity contribution in [3.8, 4) is 0 Å². The molecule has 0 aromatic carbocycles. The summed E-state index contributed by atoms with van der Waals surface area (Å²) in [6.07, 6.45) is 0.985. The van der Waals surface area contributed by atoms with Gasteiger partial charge in [-0.05, 0) is 31.7 Å². The van der Waals surface area contributed by atoms with E-state index in [4.69, 9.17) is 5.73 Å². The van der Waals surface area contributed by atoms with Crippen LogP contribution in [0.3, 0.4) is 0 Å². The van der Waals surface area contributed by atoms with Crippen LogP contribution in [0.1, 0.15) is 18.7 Å². The number of guanidine groups is 2. The van der Waals surface area contributed by atoms with Crippen molar-refractivity contribution in [1.29, 1.82) is 0 Å². The lowest BCUT2D eigenvalue weighted by Crippen LogP contribution is -2.44. The maximum Gasteiger partial charge on any atom is 0.198 e. The Bertz CT molecular complexity index is 437. The minimum atomic E-state index is 0.106. The molecule has 1 aliphatic rings. The van der Waals surface area contributed by atoms with E-state index < -0.39 is 0 Å². The van der Waals surface area contributed by atoms with Crippen molar-refractivity contribution in [2.75, 3.05) is 6.54 Å². The van der Waals surface area contributed by atoms with E-state index in [0.29, 0.717) is 11.9 Å². The summed E-state index contributed by atoms with van der Waals surface area (Å²) in [5.41, 5.74) is 5.76. The van der Waals surface area contributed by atoms with Crippen LogP contribution in [0.25, 0.3) is 0 Å². The molecular weight excluding hydrogens is 246 g/mol. The Hall–Kier alpha value is -1.56. The van der Waals surface area contributed by atoms with Gasteiger partial charge in [-0.15, -0.1) is 11.3 Å². The molecule has 1 aromatic heterocycles. The highest BCUT2D eigenvalue weighted by Crippen LogP contribution is 2.08. The lowest BCUT2D eigenvalue weighted by atomic mass is 10.2. The van der Waals surface area contributed by atoms with Crippen LogP contribution in [0, 0.1) is 0 Å². The van der Waals surface area contributed by atoms with Crippen LogP contribution in [0.5, 0.6) is 0 Å². The fourth-order valence-corrected chi connectivity index (χ4v) is 2.38. The highest BCUT2D eigenvalue weighted by Gasteiger charge is 2.16. The molecule has 2 heterocycles. The molecule has 2 atom stereocenters. The van der Waals surface area contributed by atoms with E-state index >= 15 is 0 Å². The van der Waals surface area contributed by atoms with Crippen molar-refractivity contribution in [2.45, 2.75) is 32.4 Å². The van der Waals surface area contributed by atoms with Crippen LogP contribution < -0.4 is 16.4 Å². The van der Waals surface area contributed by atoms with E-state index in [2.05, 4.69) is 38.1 Å². The number of rotatable bonds is 3. The van der Waals surface area contributed by atoms with Crippen molar-refractivity contribution >= 4 is 23.3 Å². The molecule has 0 saturated heterocycles. The molecule has 0 spiro atoms. The zero-order chi connectivity index (χ0) is 13.0. The summed E-state index contributed by atoms with van der Waals surface area (Å²) in [5.74, 6) is 1.14. The van der Waals surface area contributed by atoms with Gasteiger partial charge in [0.05, 0.1) is 12.1 Å². The molecule has 5 nitrogen and oxygen atoms in total. The molecule has 1 aliphatic heterocycles. The molecule has 0 bridgehead atoms. The largest absolute Gasteiger partial charge is 0.370 e. The predicted octanol–water partition coefficient (Wildman–Crippen LogP) is 0.931. The Morgan fingerprint density at radius 1 is 1.39 bits per heavy atom. The van der Waals surface area contributed by atoms with E-state index in [0.717, 1.165) is 13.0 Å². The van der Waals surface area contributed by atoms with E-state index in [1.807, 2.05) is 13.8 Å². The van der Waals surface area contributed by atoms with Gasteiger partial charge in [0.1, 0.15) is 0 Å². The summed E-state index contributed by atoms with van der Waals surface area (Å²) in [6.45, 7) is 4.88. The lowest BCUT2D eigenvalue weighted by molar-refractivity contribution is 0.608. The summed E-state index contributed by atoms with van der Waals surface area (Å²) in [6, 6.07) is 4.43. The topological polar surface area (TPSA) is 74.8 Å². The van der Waals surface area contributed by atoms with Gasteiger partial charge < -0.3 is 11.1 Å². The minimum absolute atomic E-state index is 0.106. The average Bonchev–Trinajstić information content (AvgIpc) is 2.77. The summed E-state index contributed by atoms with van der Waals surface area (Å²) >= 11 is 1.77. The Morgan fingerprint density at radius 2 is 2.17 bits per heavy atom. The number of nitrogens with one attached hydrogen (secondary N) is 2. The molecule has 18 heavy (non-hydrogen) atoms. The first-order valence-electron chi connectivity index (χ1n) is 6.09. The molecular formula is C12H19N5S. The second-order valence-electron chi connectivity index (χ2n) is 4.35. The molecule has 0 fully saturated rings. The van der Waals surface area contributed by atoms with Crippen molar-refractivity contribution < 1.29 is 0 Å². The highest BCUT2D eigenvalue weighted by atomic mass is 32.1. The first kappa shape index (κ1) is 12.9. The molecule has 0 amide bonds. The van der Waals surface area contributed by atoms with Gasteiger partial charge in [-0.1, -0.05) is 6.07 Å². The zero-order valence-corrected chi connectivity index (χ0v) is 11.5. The van der Waals surface area contributed by atoms with E-state index in [1.54, 1.807) is 11.3 Å². The third-order valence-electron chi connectivity index (χ3n) is 2.86. The van der Waals surface area contributed by atoms with Crippen LogP contribution in [0.15, 0.2) is 27.5 Å². The SMILES string of the molecule is CC1N=C(N)NC(NCCc2cccs2)=NC1C. The molecule has 0 aliphatic carbocycles. The van der Waals surface area contributed by atoms with Crippen LogP contribution in [-0.4, -0.2) is 30.5 Å². The standard InChI is InChI=1S/C12H19N5S/c1-8-9(2)16-12(17-11(13)15-8)14-6-5-10-4-3-7-18-10/h3-4,7-9H,5-6H2,1-2H3,(H4,13,14,15,16,17). The maximum absolute atomic E-state index is 5.76. The van der Waals surface area contributed by atoms with Crippen LogP contribution in [0.4, 0.5) is 0 Å². The monoisotopic (exact) mass is 265 g/mol. The third kappa shape index (κ3) is 3.46. The Kier molecular flexibility index (Phi) is 4.19. The number of nitrogens with two attached hydrogens (primary N) is 1. The first-order valence-corrected chi connectivity index (χ1v) is 6.97. The zero-order valence-electron chi connectivity index (χ0n) is 10.7. The maximum atomic E-state index is 5.76. The molecule has 4 N–H and O–H groups in total. The number of aliphatic imine (C=N–C) groups is 2. The second kappa shape index (κ2) is 5.86. The van der Waals surface area contributed by atoms with Gasteiger partial charge >= 0.3 is 0 Å². The summed E-state index contributed by atoms with van der Waals surface area (Å²) in [4.78, 5) is 10.2. The molecule has 0 radical (unpaired) electrons. The molecule has 98 valence electrons. The number of hydrogen-bond donors (Lipinski definition) is 3. The Balaban J connectivity index is 1.88. The van der Waals surface area contributed by atoms with E-state index in [-0.39, 0.29) is 12.1 Å². The van der Waals surface area contributed by atoms with Crippen molar-refractivity contribution in [1.82, 2.24) is 10.6 Å². The fourth-order valence-electron chi connectivity index (χ4n) is 1.67. The van der Waals surface area contributed by atoms with Gasteiger partial charge in [0.15, 0.2) is 11.9 Å². The summed E-state index contributed by atoms with van der Waals surface area (Å²) in [7, 11) is 0. The Morgan fingerprint density at radius 3 is 2.89 bits per heavy atom. The van der Waals surface area contributed by atoms with E-state index in [9.17, 15) is 0 Å². The quantitative estimate of drug-likeness (QED) is 0.761. The highest BCUT2D eigenvalue weighted by molar-refractivity contribution is 7.09. The normalized spacial score (nSPS) is 23.7. The van der Waals surface area contributed by atoms with Gasteiger partial charge in [-0.3, -0.25) is 5.32 Å². The first-order chi connectivity index (χ1) is 8.65. The van der Waals surface area contributed by atoms with Crippen LogP contribution >= 0.6 is 11.3 Å². The number of nitrogens with zero attached hydrogens (tertiary/aromatic N) is 2. The molecule has 2 rings (SSSR count). The third-order valence-corrected chi connectivity index (χ3v) is 3.80. The van der Waals surface area contributed by atoms with Gasteiger partial charge in [-0.25, -0.2) is 9.98 Å². The van der Waals surface area contributed by atoms with Crippen LogP contribution in [0.2, 0.25) is 0 Å². The summed E-state index contributed by atoms with van der Waals surface area (Å²) < 4.78 is 0. The molecule has 1 aromatic rings. The lowest BCUT2D eigenvalue weighted by Gasteiger charge is -2.11. The van der Waals surface area contributed by atoms with Gasteiger partial charge in [0.25, 0.3) is 0 Å². The van der Waals surface area contributed by atoms with E-state index in [1.165, 1.54) is 4.88 Å². The molecule has 6 heteroatoms. The summed E-state index contributed by atoms with van der Waals surface area (Å²) in [5, 5.41) is 8.34. The smallest absolute Gasteiger partial charge is 0.198 e. The minimum Gasteiger partial charge on any atom is -0.370 e. The number of thiophene rings is 1. The van der Waals surface area contributed by atoms with Gasteiger partial charge in [0.2, 0.25) is 0 Å². The van der Waals surface area contributed by atoms with Gasteiger partial charge in [-0.2, -0.15) is 0 Å². The van der Waals surface area contributed by atoms with Gasteiger partial charge in [0, 0.05) is 11.4 Å². The average molecular weight is 265 g/mol. The van der Waals surface area contributed by atoms with Crippen molar-refractivity contribution in [3.63, 3.8) is 0 Å². The molecule has 0 saturated carbocycles. The van der Waals surface area contributed by atoms with Crippen molar-refractivity contribution in [3.05, 3.63) is 22.4 Å². The second-order valence-corrected chi connectivity index (χ2v) is 5.39. The number of hydrogen-bond acceptors (Lipinski definition) is 6.